The van der Waals surface area contributed by atoms with E-state index in [2.05, 4.69) is 20.4 Å². The Balaban J connectivity index is 0. The van der Waals surface area contributed by atoms with Gasteiger partial charge in [-0.2, -0.15) is 0 Å². The van der Waals surface area contributed by atoms with Gasteiger partial charge < -0.3 is 14.9 Å². The molecule has 2 atom stereocenters. The lowest BCUT2D eigenvalue weighted by Crippen LogP contribution is -2.15. The number of carboxylic acid groups (broad SMARTS) is 2. The van der Waals surface area contributed by atoms with Gasteiger partial charge in [-0.05, 0) is 32.1 Å². The van der Waals surface area contributed by atoms with E-state index in [0.29, 0.717) is 6.42 Å². The Hall–Kier alpha value is -1.85. The van der Waals surface area contributed by atoms with E-state index in [1.807, 2.05) is 6.92 Å². The summed E-state index contributed by atoms with van der Waals surface area (Å²) in [4.78, 5) is 31.7. The van der Waals surface area contributed by atoms with Crippen LogP contribution in [0.5, 0.6) is 0 Å². The lowest BCUT2D eigenvalue weighted by Gasteiger charge is -2.14. The predicted octanol–water partition coefficient (Wildman–Crippen LogP) is 5.60. The van der Waals surface area contributed by atoms with Crippen LogP contribution in [0.3, 0.4) is 0 Å². The number of aliphatic carboxylic acids is 2. The molecule has 2 N–H and O–H groups in total. The lowest BCUT2D eigenvalue weighted by molar-refractivity contribution is -0.144. The summed E-state index contributed by atoms with van der Waals surface area (Å²) in [5, 5.41) is 16.9. The van der Waals surface area contributed by atoms with Gasteiger partial charge in [-0.3, -0.25) is 9.59 Å². The molecule has 0 fully saturated rings. The van der Waals surface area contributed by atoms with Crippen LogP contribution in [-0.4, -0.2) is 34.2 Å². The van der Waals surface area contributed by atoms with Gasteiger partial charge in [0.2, 0.25) is 0 Å². The Bertz CT molecular complexity index is 433. The SMILES string of the molecule is C=CC(=O)OC(CC)CCCCCCCC.CCCC(CCC(=O)O)C(=O)O. The Morgan fingerprint density at radius 1 is 0.893 bits per heavy atom. The maximum Gasteiger partial charge on any atom is 0.330 e. The van der Waals surface area contributed by atoms with Gasteiger partial charge in [0.15, 0.2) is 0 Å². The molecule has 0 bridgehead atoms. The zero-order chi connectivity index (χ0) is 21.8. The fraction of sp³-hybridized carbons (Fsp3) is 0.773. The van der Waals surface area contributed by atoms with Crippen molar-refractivity contribution in [2.24, 2.45) is 5.92 Å². The molecule has 0 saturated carbocycles. The first-order chi connectivity index (χ1) is 13.3. The van der Waals surface area contributed by atoms with Crippen LogP contribution in [0.4, 0.5) is 0 Å². The second-order valence-corrected chi connectivity index (χ2v) is 6.98. The van der Waals surface area contributed by atoms with Crippen molar-refractivity contribution in [2.75, 3.05) is 0 Å². The highest BCUT2D eigenvalue weighted by molar-refractivity contribution is 5.81. The molecule has 0 radical (unpaired) electrons. The maximum atomic E-state index is 11.0. The number of carboxylic acids is 2. The van der Waals surface area contributed by atoms with Crippen LogP contribution in [0, 0.1) is 5.92 Å². The van der Waals surface area contributed by atoms with Crippen LogP contribution < -0.4 is 0 Å². The molecule has 0 aliphatic rings. The van der Waals surface area contributed by atoms with Crippen molar-refractivity contribution < 1.29 is 29.3 Å². The molecule has 0 spiro atoms. The third-order valence-electron chi connectivity index (χ3n) is 4.48. The van der Waals surface area contributed by atoms with Crippen LogP contribution in [-0.2, 0) is 19.1 Å². The van der Waals surface area contributed by atoms with E-state index in [0.717, 1.165) is 25.7 Å². The van der Waals surface area contributed by atoms with Crippen LogP contribution in [0.1, 0.15) is 97.8 Å². The number of esters is 1. The summed E-state index contributed by atoms with van der Waals surface area (Å²) in [5.74, 6) is -2.61. The lowest BCUT2D eigenvalue weighted by atomic mass is 9.98. The van der Waals surface area contributed by atoms with Gasteiger partial charge >= 0.3 is 17.9 Å². The Morgan fingerprint density at radius 3 is 1.96 bits per heavy atom. The molecule has 0 saturated heterocycles. The number of hydrogen-bond donors (Lipinski definition) is 2. The summed E-state index contributed by atoms with van der Waals surface area (Å²) >= 11 is 0. The largest absolute Gasteiger partial charge is 0.481 e. The predicted molar refractivity (Wildman–Crippen MR) is 111 cm³/mol. The summed E-state index contributed by atoms with van der Waals surface area (Å²) in [6.07, 6.45) is 12.4. The minimum Gasteiger partial charge on any atom is -0.481 e. The van der Waals surface area contributed by atoms with Gasteiger partial charge in [0.1, 0.15) is 6.10 Å². The van der Waals surface area contributed by atoms with Crippen LogP contribution in [0.15, 0.2) is 12.7 Å². The Morgan fingerprint density at radius 2 is 1.50 bits per heavy atom. The molecule has 0 aliphatic heterocycles. The van der Waals surface area contributed by atoms with E-state index in [-0.39, 0.29) is 24.9 Å². The monoisotopic (exact) mass is 400 g/mol. The number of ether oxygens (including phenoxy) is 1. The minimum absolute atomic E-state index is 0.0586. The average molecular weight is 401 g/mol. The third-order valence-corrected chi connectivity index (χ3v) is 4.48. The number of carbonyl (C=O) groups is 3. The summed E-state index contributed by atoms with van der Waals surface area (Å²) in [7, 11) is 0. The summed E-state index contributed by atoms with van der Waals surface area (Å²) in [6, 6.07) is 0. The highest BCUT2D eigenvalue weighted by atomic mass is 16.5. The molecule has 0 aromatic heterocycles. The first kappa shape index (κ1) is 28.4. The third kappa shape index (κ3) is 18.9. The standard InChI is InChI=1S/C14H26O2.C8H14O4/c1-4-7-8-9-10-11-12-13(5-2)16-14(15)6-3;1-2-3-6(8(11)12)4-5-7(9)10/h6,13H,3-5,7-12H2,1-2H3;6H,2-5H2,1H3,(H,9,10)(H,11,12). The number of hydrogen-bond acceptors (Lipinski definition) is 4. The minimum atomic E-state index is -0.933. The van der Waals surface area contributed by atoms with E-state index in [4.69, 9.17) is 14.9 Å². The van der Waals surface area contributed by atoms with E-state index in [1.165, 1.54) is 38.2 Å². The summed E-state index contributed by atoms with van der Waals surface area (Å²) < 4.78 is 5.22. The zero-order valence-corrected chi connectivity index (χ0v) is 18.0. The molecule has 28 heavy (non-hydrogen) atoms. The highest BCUT2D eigenvalue weighted by Gasteiger charge is 2.17. The zero-order valence-electron chi connectivity index (χ0n) is 18.0. The molecule has 164 valence electrons. The smallest absolute Gasteiger partial charge is 0.330 e. The molecule has 0 heterocycles. The molecule has 0 rings (SSSR count). The van der Waals surface area contributed by atoms with E-state index in [9.17, 15) is 14.4 Å². The van der Waals surface area contributed by atoms with Crippen LogP contribution >= 0.6 is 0 Å². The van der Waals surface area contributed by atoms with E-state index in [1.54, 1.807) is 0 Å². The second kappa shape index (κ2) is 19.9. The Kier molecular flexibility index (Phi) is 20.2. The molecule has 0 aromatic rings. The molecular weight excluding hydrogens is 360 g/mol. The van der Waals surface area contributed by atoms with Gasteiger partial charge in [-0.1, -0.05) is 65.9 Å². The fourth-order valence-electron chi connectivity index (χ4n) is 2.75. The van der Waals surface area contributed by atoms with Crippen molar-refractivity contribution in [3.63, 3.8) is 0 Å². The Labute approximate surface area is 170 Å². The first-order valence-electron chi connectivity index (χ1n) is 10.6. The van der Waals surface area contributed by atoms with Crippen molar-refractivity contribution in [3.8, 4) is 0 Å². The molecule has 6 heteroatoms. The van der Waals surface area contributed by atoms with Gasteiger partial charge in [0.25, 0.3) is 0 Å². The van der Waals surface area contributed by atoms with E-state index < -0.39 is 17.9 Å². The van der Waals surface area contributed by atoms with Crippen molar-refractivity contribution >= 4 is 17.9 Å². The molecule has 2 unspecified atom stereocenters. The summed E-state index contributed by atoms with van der Waals surface area (Å²) in [5.41, 5.74) is 0. The summed E-state index contributed by atoms with van der Waals surface area (Å²) in [6.45, 7) is 9.57. The highest BCUT2D eigenvalue weighted by Crippen LogP contribution is 2.14. The quantitative estimate of drug-likeness (QED) is 0.199. The first-order valence-corrected chi connectivity index (χ1v) is 10.6. The van der Waals surface area contributed by atoms with Gasteiger partial charge in [-0.25, -0.2) is 4.79 Å². The molecule has 0 aromatic carbocycles. The van der Waals surface area contributed by atoms with Gasteiger partial charge in [0, 0.05) is 12.5 Å². The molecule has 0 aliphatic carbocycles. The topological polar surface area (TPSA) is 101 Å². The van der Waals surface area contributed by atoms with Crippen LogP contribution in [0.25, 0.3) is 0 Å². The van der Waals surface area contributed by atoms with Crippen molar-refractivity contribution in [2.45, 2.75) is 104 Å². The molecular formula is C22H40O6. The van der Waals surface area contributed by atoms with Crippen molar-refractivity contribution in [1.29, 1.82) is 0 Å². The number of rotatable bonds is 16. The normalized spacial score (nSPS) is 12.2. The second-order valence-electron chi connectivity index (χ2n) is 6.98. The van der Waals surface area contributed by atoms with Gasteiger partial charge in [0.05, 0.1) is 5.92 Å². The van der Waals surface area contributed by atoms with Crippen LogP contribution in [0.2, 0.25) is 0 Å². The van der Waals surface area contributed by atoms with Crippen molar-refractivity contribution in [3.05, 3.63) is 12.7 Å². The van der Waals surface area contributed by atoms with Crippen molar-refractivity contribution in [1.82, 2.24) is 0 Å². The number of unbranched alkanes of at least 4 members (excludes halogenated alkanes) is 5. The fourth-order valence-corrected chi connectivity index (χ4v) is 2.75. The average Bonchev–Trinajstić information content (AvgIpc) is 2.66. The molecule has 6 nitrogen and oxygen atoms in total. The number of carbonyl (C=O) groups excluding carboxylic acids is 1. The van der Waals surface area contributed by atoms with Gasteiger partial charge in [-0.15, -0.1) is 0 Å². The van der Waals surface area contributed by atoms with E-state index >= 15 is 0 Å². The molecule has 0 amide bonds. The maximum absolute atomic E-state index is 11.0.